The number of anilines is 2. The minimum atomic E-state index is -0.687. The van der Waals surface area contributed by atoms with Gasteiger partial charge in [-0.2, -0.15) is 0 Å². The molecule has 0 aliphatic rings. The molecular weight excluding hydrogens is 330 g/mol. The summed E-state index contributed by atoms with van der Waals surface area (Å²) in [5, 5.41) is 8.30. The van der Waals surface area contributed by atoms with Gasteiger partial charge in [0, 0.05) is 5.69 Å². The molecule has 0 bridgehead atoms. The van der Waals surface area contributed by atoms with Crippen LogP contribution in [0.4, 0.5) is 16.2 Å². The Morgan fingerprint density at radius 1 is 0.962 bits per heavy atom. The molecule has 3 amide bonds. The number of hydrogen-bond acceptors (Lipinski definition) is 3. The van der Waals surface area contributed by atoms with Gasteiger partial charge in [-0.15, -0.1) is 0 Å². The van der Waals surface area contributed by atoms with Gasteiger partial charge in [-0.1, -0.05) is 44.2 Å². The van der Waals surface area contributed by atoms with Crippen molar-refractivity contribution in [1.29, 1.82) is 0 Å². The standard InChI is InChI=1S/C20H25N3O3/c1-4-26-17-13-9-8-12-16(17)22-19(24)18(14(2)3)23-20(25)21-15-10-6-5-7-11-15/h5-14,18H,4H2,1-3H3,(H,22,24)(H2,21,23,25)/t18-/m0/s1. The number of benzene rings is 2. The van der Waals surface area contributed by atoms with Crippen molar-refractivity contribution in [3.63, 3.8) is 0 Å². The molecule has 0 aromatic heterocycles. The van der Waals surface area contributed by atoms with Crippen molar-refractivity contribution in [3.8, 4) is 5.75 Å². The first-order valence-electron chi connectivity index (χ1n) is 8.66. The summed E-state index contributed by atoms with van der Waals surface area (Å²) in [5.41, 5.74) is 1.24. The SMILES string of the molecule is CCOc1ccccc1NC(=O)[C@@H](NC(=O)Nc1ccccc1)C(C)C. The largest absolute Gasteiger partial charge is 0.492 e. The monoisotopic (exact) mass is 355 g/mol. The van der Waals surface area contributed by atoms with Gasteiger partial charge in [-0.05, 0) is 37.1 Å². The Morgan fingerprint density at radius 3 is 2.27 bits per heavy atom. The summed E-state index contributed by atoms with van der Waals surface area (Å²) in [7, 11) is 0. The molecule has 6 nitrogen and oxygen atoms in total. The van der Waals surface area contributed by atoms with Crippen LogP contribution >= 0.6 is 0 Å². The predicted octanol–water partition coefficient (Wildman–Crippen LogP) is 3.87. The molecule has 26 heavy (non-hydrogen) atoms. The van der Waals surface area contributed by atoms with Crippen LogP contribution in [0.15, 0.2) is 54.6 Å². The van der Waals surface area contributed by atoms with Crippen molar-refractivity contribution in [3.05, 3.63) is 54.6 Å². The van der Waals surface area contributed by atoms with Crippen LogP contribution in [0.5, 0.6) is 5.75 Å². The number of carbonyl (C=O) groups excluding carboxylic acids is 2. The fourth-order valence-electron chi connectivity index (χ4n) is 2.43. The Labute approximate surface area is 153 Å². The Kier molecular flexibility index (Phi) is 7.02. The first-order chi connectivity index (χ1) is 12.5. The second-order valence-corrected chi connectivity index (χ2v) is 6.10. The van der Waals surface area contributed by atoms with Crippen molar-refractivity contribution in [2.45, 2.75) is 26.8 Å². The number of hydrogen-bond donors (Lipinski definition) is 3. The highest BCUT2D eigenvalue weighted by atomic mass is 16.5. The van der Waals surface area contributed by atoms with E-state index in [1.807, 2.05) is 51.1 Å². The van der Waals surface area contributed by atoms with E-state index in [9.17, 15) is 9.59 Å². The van der Waals surface area contributed by atoms with Crippen molar-refractivity contribution < 1.29 is 14.3 Å². The van der Waals surface area contributed by atoms with Crippen LogP contribution in [0.1, 0.15) is 20.8 Å². The number of urea groups is 1. The van der Waals surface area contributed by atoms with E-state index in [0.717, 1.165) is 0 Å². The van der Waals surface area contributed by atoms with Gasteiger partial charge in [0.1, 0.15) is 11.8 Å². The second kappa shape index (κ2) is 9.46. The minimum Gasteiger partial charge on any atom is -0.492 e. The summed E-state index contributed by atoms with van der Waals surface area (Å²) in [5.74, 6) is 0.214. The average Bonchev–Trinajstić information content (AvgIpc) is 2.62. The molecule has 1 atom stereocenters. The van der Waals surface area contributed by atoms with Crippen LogP contribution in [0.2, 0.25) is 0 Å². The van der Waals surface area contributed by atoms with E-state index in [0.29, 0.717) is 23.7 Å². The van der Waals surface area contributed by atoms with Gasteiger partial charge in [-0.25, -0.2) is 4.79 Å². The fourth-order valence-corrected chi connectivity index (χ4v) is 2.43. The molecule has 0 spiro atoms. The van der Waals surface area contributed by atoms with E-state index in [1.165, 1.54) is 0 Å². The van der Waals surface area contributed by atoms with Crippen LogP contribution in [-0.2, 0) is 4.79 Å². The zero-order chi connectivity index (χ0) is 18.9. The molecule has 3 N–H and O–H groups in total. The first-order valence-corrected chi connectivity index (χ1v) is 8.66. The Bertz CT molecular complexity index is 732. The zero-order valence-corrected chi connectivity index (χ0v) is 15.3. The third kappa shape index (κ3) is 5.51. The molecule has 0 saturated carbocycles. The van der Waals surface area contributed by atoms with Crippen LogP contribution < -0.4 is 20.7 Å². The summed E-state index contributed by atoms with van der Waals surface area (Å²) >= 11 is 0. The highest BCUT2D eigenvalue weighted by molar-refractivity contribution is 6.00. The fraction of sp³-hybridized carbons (Fsp3) is 0.300. The third-order valence-electron chi connectivity index (χ3n) is 3.71. The lowest BCUT2D eigenvalue weighted by molar-refractivity contribution is -0.118. The summed E-state index contributed by atoms with van der Waals surface area (Å²) in [6, 6.07) is 15.2. The molecule has 6 heteroatoms. The predicted molar refractivity (Wildman–Crippen MR) is 103 cm³/mol. The van der Waals surface area contributed by atoms with E-state index in [4.69, 9.17) is 4.74 Å². The van der Waals surface area contributed by atoms with E-state index in [1.54, 1.807) is 24.3 Å². The van der Waals surface area contributed by atoms with Crippen molar-refractivity contribution in [2.75, 3.05) is 17.2 Å². The van der Waals surface area contributed by atoms with Crippen LogP contribution in [0, 0.1) is 5.92 Å². The number of amides is 3. The summed E-state index contributed by atoms with van der Waals surface area (Å²) in [4.78, 5) is 24.9. The lowest BCUT2D eigenvalue weighted by atomic mass is 10.0. The molecule has 2 aromatic rings. The van der Waals surface area contributed by atoms with Gasteiger partial charge in [-0.3, -0.25) is 4.79 Å². The van der Waals surface area contributed by atoms with Gasteiger partial charge < -0.3 is 20.7 Å². The van der Waals surface area contributed by atoms with E-state index >= 15 is 0 Å². The third-order valence-corrected chi connectivity index (χ3v) is 3.71. The number of para-hydroxylation sites is 3. The highest BCUT2D eigenvalue weighted by Gasteiger charge is 2.25. The van der Waals surface area contributed by atoms with Crippen LogP contribution in [0.3, 0.4) is 0 Å². The van der Waals surface area contributed by atoms with Crippen LogP contribution in [0.25, 0.3) is 0 Å². The van der Waals surface area contributed by atoms with E-state index < -0.39 is 12.1 Å². The molecule has 0 heterocycles. The number of carbonyl (C=O) groups is 2. The average molecular weight is 355 g/mol. The molecule has 138 valence electrons. The maximum atomic E-state index is 12.7. The number of ether oxygens (including phenoxy) is 1. The summed E-state index contributed by atoms with van der Waals surface area (Å²) < 4.78 is 5.52. The van der Waals surface area contributed by atoms with E-state index in [2.05, 4.69) is 16.0 Å². The molecule has 2 rings (SSSR count). The Morgan fingerprint density at radius 2 is 1.62 bits per heavy atom. The Balaban J connectivity index is 2.04. The summed E-state index contributed by atoms with van der Waals surface area (Å²) in [6.45, 7) is 6.13. The molecule has 2 aromatic carbocycles. The molecule has 0 saturated heterocycles. The minimum absolute atomic E-state index is 0.0872. The molecular formula is C20H25N3O3. The van der Waals surface area contributed by atoms with Gasteiger partial charge in [0.25, 0.3) is 0 Å². The highest BCUT2D eigenvalue weighted by Crippen LogP contribution is 2.24. The quantitative estimate of drug-likeness (QED) is 0.705. The molecule has 0 unspecified atom stereocenters. The maximum absolute atomic E-state index is 12.7. The van der Waals surface area contributed by atoms with Crippen LogP contribution in [-0.4, -0.2) is 24.6 Å². The number of nitrogens with one attached hydrogen (secondary N) is 3. The second-order valence-electron chi connectivity index (χ2n) is 6.10. The molecule has 0 aliphatic carbocycles. The van der Waals surface area contributed by atoms with Crippen molar-refractivity contribution in [2.24, 2.45) is 5.92 Å². The van der Waals surface area contributed by atoms with Gasteiger partial charge in [0.15, 0.2) is 0 Å². The lowest BCUT2D eigenvalue weighted by Gasteiger charge is -2.22. The molecule has 0 radical (unpaired) electrons. The number of rotatable bonds is 7. The van der Waals surface area contributed by atoms with Gasteiger partial charge in [0.2, 0.25) is 5.91 Å². The zero-order valence-electron chi connectivity index (χ0n) is 15.3. The van der Waals surface area contributed by atoms with Crippen molar-refractivity contribution >= 4 is 23.3 Å². The van der Waals surface area contributed by atoms with Gasteiger partial charge >= 0.3 is 6.03 Å². The smallest absolute Gasteiger partial charge is 0.319 e. The molecule has 0 fully saturated rings. The first kappa shape index (κ1) is 19.3. The Hall–Kier alpha value is -3.02. The topological polar surface area (TPSA) is 79.5 Å². The van der Waals surface area contributed by atoms with Crippen molar-refractivity contribution in [1.82, 2.24) is 5.32 Å². The summed E-state index contributed by atoms with van der Waals surface area (Å²) in [6.07, 6.45) is 0. The molecule has 0 aliphatic heterocycles. The van der Waals surface area contributed by atoms with Gasteiger partial charge in [0.05, 0.1) is 12.3 Å². The van der Waals surface area contributed by atoms with E-state index in [-0.39, 0.29) is 11.8 Å². The maximum Gasteiger partial charge on any atom is 0.319 e. The normalized spacial score (nSPS) is 11.5. The lowest BCUT2D eigenvalue weighted by Crippen LogP contribution is -2.48.